The first-order valence-electron chi connectivity index (χ1n) is 2.39. The van der Waals surface area contributed by atoms with Gasteiger partial charge in [0.15, 0.2) is 0 Å². The topological polar surface area (TPSA) is 60.2 Å². The molecule has 1 heterocycles. The van der Waals surface area contributed by atoms with Gasteiger partial charge < -0.3 is 0 Å². The second-order valence-electron chi connectivity index (χ2n) is 1.73. The maximum atomic E-state index is 10.7. The van der Waals surface area contributed by atoms with Crippen molar-refractivity contribution in [2.24, 2.45) is 5.14 Å². The number of hydrogen-bond donors (Lipinski definition) is 1. The molecule has 0 aromatic carbocycles. The molecule has 1 rings (SSSR count). The predicted octanol–water partition coefficient (Wildman–Crippen LogP) is 1.92. The number of primary sulfonamides is 1. The Kier molecular flexibility index (Phi) is 2.75. The molecule has 62 valence electrons. The minimum atomic E-state index is -3.55. The summed E-state index contributed by atoms with van der Waals surface area (Å²) in [4.78, 5) is 0. The predicted molar refractivity (Wildman–Crippen MR) is 51.1 cm³/mol. The van der Waals surface area contributed by atoms with Crippen LogP contribution in [0.2, 0.25) is 0 Å². The molecule has 0 atom stereocenters. The van der Waals surface area contributed by atoms with E-state index < -0.39 is 10.0 Å². The van der Waals surface area contributed by atoms with E-state index in [4.69, 9.17) is 5.14 Å². The zero-order valence-corrected chi connectivity index (χ0v) is 9.85. The normalized spacial score (nSPS) is 11.9. The van der Waals surface area contributed by atoms with Crippen molar-refractivity contribution in [1.82, 2.24) is 0 Å². The molecule has 0 saturated carbocycles. The van der Waals surface area contributed by atoms with Crippen LogP contribution < -0.4 is 5.14 Å². The molecule has 0 aliphatic heterocycles. The fourth-order valence-corrected chi connectivity index (χ4v) is 3.71. The summed E-state index contributed by atoms with van der Waals surface area (Å²) >= 11 is 7.39. The molecule has 3 nitrogen and oxygen atoms in total. The van der Waals surface area contributed by atoms with Crippen LogP contribution in [0.3, 0.4) is 0 Å². The lowest BCUT2D eigenvalue weighted by atomic mass is 10.7. The number of sulfonamides is 1. The standard InChI is InChI=1S/C4H3Br2NO2S2/c5-2-1-3(10-4(2)6)11(7,8)9/h1H,(H2,7,8,9). The van der Waals surface area contributed by atoms with E-state index in [9.17, 15) is 8.42 Å². The largest absolute Gasteiger partial charge is 0.247 e. The molecule has 0 saturated heterocycles. The molecule has 0 unspecified atom stereocenters. The quantitative estimate of drug-likeness (QED) is 0.859. The number of nitrogens with two attached hydrogens (primary N) is 1. The SMILES string of the molecule is NS(=O)(=O)c1cc(Br)c(Br)s1. The molecule has 0 aliphatic rings. The third-order valence-electron chi connectivity index (χ3n) is 0.903. The smallest absolute Gasteiger partial charge is 0.224 e. The average molecular weight is 321 g/mol. The molecule has 2 N–H and O–H groups in total. The fourth-order valence-electron chi connectivity index (χ4n) is 0.467. The first-order valence-corrected chi connectivity index (χ1v) is 6.34. The van der Waals surface area contributed by atoms with Gasteiger partial charge in [-0.1, -0.05) is 0 Å². The van der Waals surface area contributed by atoms with Crippen LogP contribution in [0.25, 0.3) is 0 Å². The fraction of sp³-hybridized carbons (Fsp3) is 0. The Hall–Kier alpha value is 0.570. The van der Waals surface area contributed by atoms with Gasteiger partial charge in [-0.25, -0.2) is 13.6 Å². The van der Waals surface area contributed by atoms with E-state index in [0.717, 1.165) is 15.1 Å². The lowest BCUT2D eigenvalue weighted by Crippen LogP contribution is -2.09. The van der Waals surface area contributed by atoms with Crippen molar-refractivity contribution in [2.75, 3.05) is 0 Å². The number of halogens is 2. The molecular weight excluding hydrogens is 318 g/mol. The van der Waals surface area contributed by atoms with Crippen LogP contribution in [-0.2, 0) is 10.0 Å². The highest BCUT2D eigenvalue weighted by atomic mass is 79.9. The minimum absolute atomic E-state index is 0.149. The van der Waals surface area contributed by atoms with Crippen LogP contribution in [0.15, 0.2) is 18.5 Å². The van der Waals surface area contributed by atoms with Gasteiger partial charge in [-0.2, -0.15) is 0 Å². The summed E-state index contributed by atoms with van der Waals surface area (Å²) in [5.41, 5.74) is 0. The van der Waals surface area contributed by atoms with Gasteiger partial charge in [0, 0.05) is 4.47 Å². The van der Waals surface area contributed by atoms with E-state index in [1.165, 1.54) is 6.07 Å². The number of rotatable bonds is 1. The maximum absolute atomic E-state index is 10.7. The van der Waals surface area contributed by atoms with Crippen molar-refractivity contribution < 1.29 is 8.42 Å². The van der Waals surface area contributed by atoms with E-state index >= 15 is 0 Å². The summed E-state index contributed by atoms with van der Waals surface area (Å²) in [6.07, 6.45) is 0. The van der Waals surface area contributed by atoms with Gasteiger partial charge in [-0.3, -0.25) is 0 Å². The Morgan fingerprint density at radius 2 is 2.00 bits per heavy atom. The molecular formula is C4H3Br2NO2S2. The van der Waals surface area contributed by atoms with Crippen molar-refractivity contribution in [3.8, 4) is 0 Å². The molecule has 1 aromatic rings. The van der Waals surface area contributed by atoms with Gasteiger partial charge >= 0.3 is 0 Å². The Morgan fingerprint density at radius 3 is 2.18 bits per heavy atom. The van der Waals surface area contributed by atoms with Crippen molar-refractivity contribution in [3.05, 3.63) is 14.3 Å². The van der Waals surface area contributed by atoms with E-state index in [-0.39, 0.29) is 4.21 Å². The Bertz CT molecular complexity index is 350. The Morgan fingerprint density at radius 1 is 1.45 bits per heavy atom. The summed E-state index contributed by atoms with van der Waals surface area (Å²) in [5, 5.41) is 4.88. The Balaban J connectivity index is 3.29. The molecule has 0 aliphatic carbocycles. The van der Waals surface area contributed by atoms with E-state index in [1.807, 2.05) is 0 Å². The summed E-state index contributed by atoms with van der Waals surface area (Å²) in [6.45, 7) is 0. The summed E-state index contributed by atoms with van der Waals surface area (Å²) in [6, 6.07) is 1.46. The highest BCUT2D eigenvalue weighted by molar-refractivity contribution is 9.13. The first kappa shape index (κ1) is 9.66. The van der Waals surface area contributed by atoms with Gasteiger partial charge in [0.25, 0.3) is 0 Å². The van der Waals surface area contributed by atoms with Crippen LogP contribution in [0, 0.1) is 0 Å². The molecule has 0 amide bonds. The van der Waals surface area contributed by atoms with Crippen molar-refractivity contribution in [1.29, 1.82) is 0 Å². The number of thiophene rings is 1. The van der Waals surface area contributed by atoms with Gasteiger partial charge in [-0.15, -0.1) is 11.3 Å². The summed E-state index contributed by atoms with van der Waals surface area (Å²) in [7, 11) is -3.55. The van der Waals surface area contributed by atoms with Crippen LogP contribution in [0.1, 0.15) is 0 Å². The molecule has 0 spiro atoms. The van der Waals surface area contributed by atoms with Crippen LogP contribution in [0.4, 0.5) is 0 Å². The first-order chi connectivity index (χ1) is 4.91. The zero-order chi connectivity index (χ0) is 8.65. The van der Waals surface area contributed by atoms with Crippen LogP contribution in [0.5, 0.6) is 0 Å². The van der Waals surface area contributed by atoms with Crippen LogP contribution in [-0.4, -0.2) is 8.42 Å². The van der Waals surface area contributed by atoms with Gasteiger partial charge in [0.05, 0.1) is 3.79 Å². The van der Waals surface area contributed by atoms with E-state index in [1.54, 1.807) is 0 Å². The van der Waals surface area contributed by atoms with Gasteiger partial charge in [-0.05, 0) is 37.9 Å². The second-order valence-corrected chi connectivity index (χ2v) is 6.74. The van der Waals surface area contributed by atoms with Crippen molar-refractivity contribution in [2.45, 2.75) is 4.21 Å². The second kappa shape index (κ2) is 3.14. The number of hydrogen-bond acceptors (Lipinski definition) is 3. The summed E-state index contributed by atoms with van der Waals surface area (Å²) in [5.74, 6) is 0. The third-order valence-corrected chi connectivity index (χ3v) is 5.58. The van der Waals surface area contributed by atoms with Crippen molar-refractivity contribution >= 4 is 53.2 Å². The monoisotopic (exact) mass is 319 g/mol. The van der Waals surface area contributed by atoms with Crippen molar-refractivity contribution in [3.63, 3.8) is 0 Å². The zero-order valence-electron chi connectivity index (χ0n) is 5.04. The molecule has 1 aromatic heterocycles. The lowest BCUT2D eigenvalue weighted by Gasteiger charge is -1.86. The lowest BCUT2D eigenvalue weighted by molar-refractivity contribution is 0.600. The Labute approximate surface area is 84.9 Å². The van der Waals surface area contributed by atoms with E-state index in [2.05, 4.69) is 31.9 Å². The van der Waals surface area contributed by atoms with Gasteiger partial charge in [0.2, 0.25) is 10.0 Å². The molecule has 0 radical (unpaired) electrons. The highest BCUT2D eigenvalue weighted by Gasteiger charge is 2.13. The average Bonchev–Trinajstić information content (AvgIpc) is 2.11. The van der Waals surface area contributed by atoms with Gasteiger partial charge in [0.1, 0.15) is 4.21 Å². The van der Waals surface area contributed by atoms with E-state index in [0.29, 0.717) is 4.47 Å². The third kappa shape index (κ3) is 2.25. The molecule has 11 heavy (non-hydrogen) atoms. The molecule has 0 fully saturated rings. The maximum Gasteiger partial charge on any atom is 0.247 e. The summed E-state index contributed by atoms with van der Waals surface area (Å²) < 4.78 is 23.1. The van der Waals surface area contributed by atoms with Crippen LogP contribution >= 0.6 is 43.2 Å². The highest BCUT2D eigenvalue weighted by Crippen LogP contribution is 2.34. The minimum Gasteiger partial charge on any atom is -0.224 e. The molecule has 7 heteroatoms. The molecule has 0 bridgehead atoms.